The first-order chi connectivity index (χ1) is 13.7. The fourth-order valence-electron chi connectivity index (χ4n) is 3.14. The number of carbonyl (C=O) groups excluding carboxylic acids is 1. The highest BCUT2D eigenvalue weighted by Gasteiger charge is 2.30. The Morgan fingerprint density at radius 3 is 2.31 bits per heavy atom. The largest absolute Gasteiger partial charge is 0.486 e. The molecule has 1 amide bonds. The number of hydrogen-bond acceptors (Lipinski definition) is 5. The SMILES string of the molecule is C[C@@H](NC(=O)[C@H](C)N(c1ccc(Cl)cc1)S(C)(=O)=O)c1ccc2c(c1)OCCO2. The molecule has 0 saturated carbocycles. The quantitative estimate of drug-likeness (QED) is 0.748. The van der Waals surface area contributed by atoms with Gasteiger partial charge in [-0.2, -0.15) is 0 Å². The highest BCUT2D eigenvalue weighted by molar-refractivity contribution is 7.92. The van der Waals surface area contributed by atoms with Crippen molar-refractivity contribution in [2.45, 2.75) is 25.9 Å². The molecule has 1 aliphatic rings. The van der Waals surface area contributed by atoms with E-state index in [2.05, 4.69) is 5.32 Å². The smallest absolute Gasteiger partial charge is 0.244 e. The van der Waals surface area contributed by atoms with Gasteiger partial charge in [-0.05, 0) is 55.8 Å². The molecule has 2 atom stereocenters. The van der Waals surface area contributed by atoms with Gasteiger partial charge in [0.2, 0.25) is 15.9 Å². The predicted molar refractivity (Wildman–Crippen MR) is 112 cm³/mol. The molecule has 0 aromatic heterocycles. The van der Waals surface area contributed by atoms with Crippen LogP contribution in [0.1, 0.15) is 25.5 Å². The van der Waals surface area contributed by atoms with E-state index in [0.29, 0.717) is 35.4 Å². The predicted octanol–water partition coefficient (Wildman–Crippen LogP) is 3.14. The second-order valence-electron chi connectivity index (χ2n) is 6.84. The molecule has 29 heavy (non-hydrogen) atoms. The van der Waals surface area contributed by atoms with Crippen molar-refractivity contribution in [2.75, 3.05) is 23.8 Å². The Kier molecular flexibility index (Phi) is 6.24. The Bertz CT molecular complexity index is 994. The van der Waals surface area contributed by atoms with Crippen LogP contribution in [0, 0.1) is 0 Å². The molecule has 0 fully saturated rings. The molecule has 0 unspecified atom stereocenters. The molecule has 156 valence electrons. The maximum atomic E-state index is 12.8. The van der Waals surface area contributed by atoms with Gasteiger partial charge in [0, 0.05) is 5.02 Å². The van der Waals surface area contributed by atoms with Crippen molar-refractivity contribution < 1.29 is 22.7 Å². The minimum atomic E-state index is -3.69. The zero-order valence-corrected chi connectivity index (χ0v) is 18.0. The van der Waals surface area contributed by atoms with E-state index in [9.17, 15) is 13.2 Å². The van der Waals surface area contributed by atoms with Gasteiger partial charge in [0.25, 0.3) is 0 Å². The molecule has 0 radical (unpaired) electrons. The first-order valence-corrected chi connectivity index (χ1v) is 11.3. The van der Waals surface area contributed by atoms with Crippen molar-refractivity contribution in [3.05, 3.63) is 53.1 Å². The van der Waals surface area contributed by atoms with Crippen LogP contribution in [0.25, 0.3) is 0 Å². The van der Waals surface area contributed by atoms with Crippen molar-refractivity contribution in [1.82, 2.24) is 5.32 Å². The lowest BCUT2D eigenvalue weighted by molar-refractivity contribution is -0.122. The van der Waals surface area contributed by atoms with Crippen LogP contribution in [0.2, 0.25) is 5.02 Å². The van der Waals surface area contributed by atoms with Gasteiger partial charge in [-0.15, -0.1) is 0 Å². The molecular weight excluding hydrogens is 416 g/mol. The van der Waals surface area contributed by atoms with Gasteiger partial charge in [-0.25, -0.2) is 8.42 Å². The lowest BCUT2D eigenvalue weighted by atomic mass is 10.1. The number of fused-ring (bicyclic) bond motifs is 1. The van der Waals surface area contributed by atoms with Gasteiger partial charge >= 0.3 is 0 Å². The summed E-state index contributed by atoms with van der Waals surface area (Å²) in [6.45, 7) is 4.34. The van der Waals surface area contributed by atoms with Crippen molar-refractivity contribution >= 4 is 33.2 Å². The third-order valence-corrected chi connectivity index (χ3v) is 6.09. The highest BCUT2D eigenvalue weighted by atomic mass is 35.5. The van der Waals surface area contributed by atoms with Gasteiger partial charge in [0.15, 0.2) is 11.5 Å². The second-order valence-corrected chi connectivity index (χ2v) is 9.14. The van der Waals surface area contributed by atoms with Gasteiger partial charge < -0.3 is 14.8 Å². The van der Waals surface area contributed by atoms with Gasteiger partial charge in [0.05, 0.1) is 18.0 Å². The summed E-state index contributed by atoms with van der Waals surface area (Å²) < 4.78 is 36.9. The van der Waals surface area contributed by atoms with Gasteiger partial charge in [-0.3, -0.25) is 9.10 Å². The first kappa shape index (κ1) is 21.3. The molecule has 1 heterocycles. The Balaban J connectivity index is 1.78. The molecule has 7 nitrogen and oxygen atoms in total. The Hall–Kier alpha value is -2.45. The zero-order chi connectivity index (χ0) is 21.2. The molecular formula is C20H23ClN2O5S. The normalized spacial score (nSPS) is 15.3. The fourth-order valence-corrected chi connectivity index (χ4v) is 4.44. The monoisotopic (exact) mass is 438 g/mol. The van der Waals surface area contributed by atoms with Crippen LogP contribution < -0.4 is 19.1 Å². The topological polar surface area (TPSA) is 84.9 Å². The summed E-state index contributed by atoms with van der Waals surface area (Å²) in [7, 11) is -3.69. The zero-order valence-electron chi connectivity index (χ0n) is 16.4. The van der Waals surface area contributed by atoms with Crippen LogP contribution in [0.5, 0.6) is 11.5 Å². The van der Waals surface area contributed by atoms with E-state index in [1.165, 1.54) is 0 Å². The van der Waals surface area contributed by atoms with Gasteiger partial charge in [-0.1, -0.05) is 17.7 Å². The van der Waals surface area contributed by atoms with E-state index >= 15 is 0 Å². The number of halogens is 1. The number of carbonyl (C=O) groups is 1. The fraction of sp³-hybridized carbons (Fsp3) is 0.350. The molecule has 2 aromatic rings. The van der Waals surface area contributed by atoms with Crippen LogP contribution in [0.4, 0.5) is 5.69 Å². The van der Waals surface area contributed by atoms with E-state index in [1.807, 2.05) is 19.1 Å². The summed E-state index contributed by atoms with van der Waals surface area (Å²) in [6, 6.07) is 10.4. The number of benzene rings is 2. The molecule has 1 N–H and O–H groups in total. The summed E-state index contributed by atoms with van der Waals surface area (Å²) in [5.41, 5.74) is 1.19. The van der Waals surface area contributed by atoms with Crippen molar-refractivity contribution in [1.29, 1.82) is 0 Å². The summed E-state index contributed by atoms with van der Waals surface area (Å²) in [5, 5.41) is 3.35. The molecule has 0 bridgehead atoms. The molecule has 0 aliphatic carbocycles. The average molecular weight is 439 g/mol. The van der Waals surface area contributed by atoms with E-state index in [0.717, 1.165) is 16.1 Å². The Labute approximate surface area is 175 Å². The van der Waals surface area contributed by atoms with Crippen LogP contribution in [0.15, 0.2) is 42.5 Å². The summed E-state index contributed by atoms with van der Waals surface area (Å²) in [5.74, 6) is 0.868. The average Bonchev–Trinajstić information content (AvgIpc) is 2.68. The van der Waals surface area contributed by atoms with Crippen LogP contribution in [-0.4, -0.2) is 39.8 Å². The Morgan fingerprint density at radius 1 is 1.07 bits per heavy atom. The van der Waals surface area contributed by atoms with Crippen molar-refractivity contribution in [2.24, 2.45) is 0 Å². The minimum absolute atomic E-state index is 0.354. The van der Waals surface area contributed by atoms with E-state index in [-0.39, 0.29) is 6.04 Å². The number of nitrogens with zero attached hydrogens (tertiary/aromatic N) is 1. The van der Waals surface area contributed by atoms with Crippen molar-refractivity contribution in [3.8, 4) is 11.5 Å². The maximum Gasteiger partial charge on any atom is 0.244 e. The van der Waals surface area contributed by atoms with E-state index < -0.39 is 22.0 Å². The van der Waals surface area contributed by atoms with Crippen LogP contribution in [-0.2, 0) is 14.8 Å². The summed E-state index contributed by atoms with van der Waals surface area (Å²) in [6.07, 6.45) is 1.07. The van der Waals surface area contributed by atoms with Crippen LogP contribution in [0.3, 0.4) is 0 Å². The van der Waals surface area contributed by atoms with E-state index in [1.54, 1.807) is 37.3 Å². The lowest BCUT2D eigenvalue weighted by Gasteiger charge is -2.29. The van der Waals surface area contributed by atoms with Crippen LogP contribution >= 0.6 is 11.6 Å². The van der Waals surface area contributed by atoms with E-state index in [4.69, 9.17) is 21.1 Å². The second kappa shape index (κ2) is 8.51. The Morgan fingerprint density at radius 2 is 1.69 bits per heavy atom. The minimum Gasteiger partial charge on any atom is -0.486 e. The number of hydrogen-bond donors (Lipinski definition) is 1. The lowest BCUT2D eigenvalue weighted by Crippen LogP contribution is -2.48. The standard InChI is InChI=1S/C20H23ClN2O5S/c1-13(15-4-9-18-19(12-15)28-11-10-27-18)22-20(24)14(2)23(29(3,25)26)17-7-5-16(21)6-8-17/h4-9,12-14H,10-11H2,1-3H3,(H,22,24)/t13-,14+/m1/s1. The number of sulfonamides is 1. The molecule has 0 spiro atoms. The molecule has 2 aromatic carbocycles. The third-order valence-electron chi connectivity index (χ3n) is 4.59. The number of nitrogens with one attached hydrogen (secondary N) is 1. The number of amides is 1. The first-order valence-electron chi connectivity index (χ1n) is 9.11. The molecule has 3 rings (SSSR count). The number of ether oxygens (including phenoxy) is 2. The van der Waals surface area contributed by atoms with Crippen molar-refractivity contribution in [3.63, 3.8) is 0 Å². The molecule has 0 saturated heterocycles. The number of anilines is 1. The molecule has 9 heteroatoms. The molecule has 1 aliphatic heterocycles. The maximum absolute atomic E-state index is 12.8. The van der Waals surface area contributed by atoms with Gasteiger partial charge in [0.1, 0.15) is 19.3 Å². The summed E-state index contributed by atoms with van der Waals surface area (Å²) >= 11 is 5.89. The number of rotatable bonds is 6. The highest BCUT2D eigenvalue weighted by Crippen LogP contribution is 2.32. The summed E-state index contributed by atoms with van der Waals surface area (Å²) in [4.78, 5) is 12.8. The third kappa shape index (κ3) is 4.94.